The molecule has 4 heteroatoms. The SMILES string of the molecule is CCCOc1ncccc1CNC(=O)C(CCC)c1ccccc1. The normalized spacial score (nSPS) is 11.8. The Morgan fingerprint density at radius 3 is 2.62 bits per heavy atom. The molecule has 0 aliphatic carbocycles. The molecule has 24 heavy (non-hydrogen) atoms. The van der Waals surface area contributed by atoms with Crippen molar-refractivity contribution in [2.24, 2.45) is 0 Å². The smallest absolute Gasteiger partial charge is 0.227 e. The molecule has 0 fully saturated rings. The summed E-state index contributed by atoms with van der Waals surface area (Å²) >= 11 is 0. The van der Waals surface area contributed by atoms with E-state index in [1.165, 1.54) is 0 Å². The van der Waals surface area contributed by atoms with Gasteiger partial charge in [-0.25, -0.2) is 4.98 Å². The predicted molar refractivity (Wildman–Crippen MR) is 96.0 cm³/mol. The van der Waals surface area contributed by atoms with E-state index < -0.39 is 0 Å². The van der Waals surface area contributed by atoms with Gasteiger partial charge in [0.15, 0.2) is 0 Å². The molecule has 1 amide bonds. The molecule has 0 saturated carbocycles. The van der Waals surface area contributed by atoms with E-state index in [0.29, 0.717) is 19.0 Å². The topological polar surface area (TPSA) is 51.2 Å². The number of hydrogen-bond donors (Lipinski definition) is 1. The molecular weight excluding hydrogens is 300 g/mol. The lowest BCUT2D eigenvalue weighted by Crippen LogP contribution is -2.29. The minimum atomic E-state index is -0.118. The number of carbonyl (C=O) groups is 1. The van der Waals surface area contributed by atoms with E-state index in [4.69, 9.17) is 4.74 Å². The van der Waals surface area contributed by atoms with Crippen molar-refractivity contribution in [3.8, 4) is 5.88 Å². The first-order valence-corrected chi connectivity index (χ1v) is 8.65. The van der Waals surface area contributed by atoms with Crippen molar-refractivity contribution in [3.05, 3.63) is 59.8 Å². The Morgan fingerprint density at radius 2 is 1.92 bits per heavy atom. The van der Waals surface area contributed by atoms with Gasteiger partial charge in [0.25, 0.3) is 0 Å². The van der Waals surface area contributed by atoms with Crippen LogP contribution in [0.25, 0.3) is 0 Å². The van der Waals surface area contributed by atoms with Gasteiger partial charge in [0.05, 0.1) is 12.5 Å². The maximum absolute atomic E-state index is 12.7. The van der Waals surface area contributed by atoms with Crippen LogP contribution in [0.1, 0.15) is 50.2 Å². The van der Waals surface area contributed by atoms with Gasteiger partial charge in [-0.15, -0.1) is 0 Å². The molecule has 0 spiro atoms. The minimum Gasteiger partial charge on any atom is -0.477 e. The van der Waals surface area contributed by atoms with Crippen molar-refractivity contribution in [2.45, 2.75) is 45.6 Å². The van der Waals surface area contributed by atoms with Crippen molar-refractivity contribution >= 4 is 5.91 Å². The first-order chi connectivity index (χ1) is 11.8. The van der Waals surface area contributed by atoms with Crippen molar-refractivity contribution in [2.75, 3.05) is 6.61 Å². The van der Waals surface area contributed by atoms with Crippen molar-refractivity contribution in [1.82, 2.24) is 10.3 Å². The Morgan fingerprint density at radius 1 is 1.12 bits per heavy atom. The molecule has 1 unspecified atom stereocenters. The molecular formula is C20H26N2O2. The maximum Gasteiger partial charge on any atom is 0.227 e. The average molecular weight is 326 g/mol. The molecule has 2 aromatic rings. The van der Waals surface area contributed by atoms with Gasteiger partial charge in [0.2, 0.25) is 11.8 Å². The van der Waals surface area contributed by atoms with Gasteiger partial charge in [-0.3, -0.25) is 4.79 Å². The fraction of sp³-hybridized carbons (Fsp3) is 0.400. The summed E-state index contributed by atoms with van der Waals surface area (Å²) in [4.78, 5) is 16.9. The van der Waals surface area contributed by atoms with Gasteiger partial charge in [-0.2, -0.15) is 0 Å². The second kappa shape index (κ2) is 9.71. The number of pyridine rings is 1. The molecule has 1 aromatic carbocycles. The predicted octanol–water partition coefficient (Wildman–Crippen LogP) is 4.07. The van der Waals surface area contributed by atoms with Gasteiger partial charge in [0, 0.05) is 18.3 Å². The molecule has 0 bridgehead atoms. The zero-order chi connectivity index (χ0) is 17.2. The highest BCUT2D eigenvalue weighted by Crippen LogP contribution is 2.22. The van der Waals surface area contributed by atoms with Gasteiger partial charge >= 0.3 is 0 Å². The standard InChI is InChI=1S/C20H26N2O2/c1-3-9-18(16-10-6-5-7-11-16)19(23)22-15-17-12-8-13-21-20(17)24-14-4-2/h5-8,10-13,18H,3-4,9,14-15H2,1-2H3,(H,22,23). The third-order valence-electron chi connectivity index (χ3n) is 3.84. The van der Waals surface area contributed by atoms with Crippen LogP contribution in [0.2, 0.25) is 0 Å². The quantitative estimate of drug-likeness (QED) is 0.755. The third-order valence-corrected chi connectivity index (χ3v) is 3.84. The molecule has 0 saturated heterocycles. The Hall–Kier alpha value is -2.36. The second-order valence-electron chi connectivity index (χ2n) is 5.79. The number of hydrogen-bond acceptors (Lipinski definition) is 3. The van der Waals surface area contributed by atoms with E-state index in [1.54, 1.807) is 6.20 Å². The molecule has 1 atom stereocenters. The zero-order valence-electron chi connectivity index (χ0n) is 14.5. The van der Waals surface area contributed by atoms with Crippen LogP contribution in [0.3, 0.4) is 0 Å². The minimum absolute atomic E-state index is 0.0494. The second-order valence-corrected chi connectivity index (χ2v) is 5.79. The summed E-state index contributed by atoms with van der Waals surface area (Å²) in [5, 5.41) is 3.04. The Balaban J connectivity index is 2.03. The Labute approximate surface area is 144 Å². The molecule has 0 radical (unpaired) electrons. The number of benzene rings is 1. The monoisotopic (exact) mass is 326 g/mol. The summed E-state index contributed by atoms with van der Waals surface area (Å²) < 4.78 is 5.65. The summed E-state index contributed by atoms with van der Waals surface area (Å²) in [5.74, 6) is 0.535. The summed E-state index contributed by atoms with van der Waals surface area (Å²) in [7, 11) is 0. The Kier molecular flexibility index (Phi) is 7.27. The van der Waals surface area contributed by atoms with Gasteiger partial charge in [-0.1, -0.05) is 56.7 Å². The highest BCUT2D eigenvalue weighted by atomic mass is 16.5. The summed E-state index contributed by atoms with van der Waals surface area (Å²) in [5.41, 5.74) is 1.97. The largest absolute Gasteiger partial charge is 0.477 e. The fourth-order valence-corrected chi connectivity index (χ4v) is 2.62. The van der Waals surface area contributed by atoms with Gasteiger partial charge in [-0.05, 0) is 24.5 Å². The van der Waals surface area contributed by atoms with E-state index in [-0.39, 0.29) is 11.8 Å². The van der Waals surface area contributed by atoms with Crippen LogP contribution in [-0.4, -0.2) is 17.5 Å². The van der Waals surface area contributed by atoms with Crippen LogP contribution in [0.5, 0.6) is 5.88 Å². The molecule has 1 N–H and O–H groups in total. The van der Waals surface area contributed by atoms with Gasteiger partial charge < -0.3 is 10.1 Å². The summed E-state index contributed by atoms with van der Waals surface area (Å²) in [6, 6.07) is 13.7. The van der Waals surface area contributed by atoms with E-state index >= 15 is 0 Å². The number of rotatable bonds is 9. The molecule has 2 rings (SSSR count). The van der Waals surface area contributed by atoms with Gasteiger partial charge in [0.1, 0.15) is 0 Å². The maximum atomic E-state index is 12.7. The van der Waals surface area contributed by atoms with E-state index in [2.05, 4.69) is 24.1 Å². The van der Waals surface area contributed by atoms with Crippen molar-refractivity contribution in [3.63, 3.8) is 0 Å². The van der Waals surface area contributed by atoms with Crippen molar-refractivity contribution in [1.29, 1.82) is 0 Å². The van der Waals surface area contributed by atoms with Crippen LogP contribution >= 0.6 is 0 Å². The number of aromatic nitrogens is 1. The van der Waals surface area contributed by atoms with E-state index in [1.807, 2.05) is 42.5 Å². The number of nitrogens with one attached hydrogen (secondary N) is 1. The molecule has 4 nitrogen and oxygen atoms in total. The van der Waals surface area contributed by atoms with Crippen LogP contribution < -0.4 is 10.1 Å². The number of amides is 1. The number of carbonyl (C=O) groups excluding carboxylic acids is 1. The lowest BCUT2D eigenvalue weighted by Gasteiger charge is -2.17. The average Bonchev–Trinajstić information content (AvgIpc) is 2.63. The lowest BCUT2D eigenvalue weighted by molar-refractivity contribution is -0.122. The van der Waals surface area contributed by atoms with Crippen LogP contribution in [0, 0.1) is 0 Å². The lowest BCUT2D eigenvalue weighted by atomic mass is 9.93. The third kappa shape index (κ3) is 5.08. The summed E-state index contributed by atoms with van der Waals surface area (Å²) in [6.45, 7) is 5.21. The highest BCUT2D eigenvalue weighted by molar-refractivity contribution is 5.83. The fourth-order valence-electron chi connectivity index (χ4n) is 2.62. The zero-order valence-corrected chi connectivity index (χ0v) is 14.5. The van der Waals surface area contributed by atoms with Crippen LogP contribution in [0.15, 0.2) is 48.7 Å². The molecule has 1 heterocycles. The van der Waals surface area contributed by atoms with E-state index in [0.717, 1.165) is 30.4 Å². The van der Waals surface area contributed by atoms with E-state index in [9.17, 15) is 4.79 Å². The molecule has 0 aliphatic rings. The first-order valence-electron chi connectivity index (χ1n) is 8.65. The van der Waals surface area contributed by atoms with Crippen LogP contribution in [-0.2, 0) is 11.3 Å². The Bertz CT molecular complexity index is 629. The first kappa shape index (κ1) is 18.0. The number of nitrogens with zero attached hydrogens (tertiary/aromatic N) is 1. The molecule has 128 valence electrons. The molecule has 1 aromatic heterocycles. The highest BCUT2D eigenvalue weighted by Gasteiger charge is 2.19. The molecule has 0 aliphatic heterocycles. The summed E-state index contributed by atoms with van der Waals surface area (Å²) in [6.07, 6.45) is 4.43. The van der Waals surface area contributed by atoms with Crippen molar-refractivity contribution < 1.29 is 9.53 Å². The van der Waals surface area contributed by atoms with Crippen LogP contribution in [0.4, 0.5) is 0 Å². The number of ether oxygens (including phenoxy) is 1.